The van der Waals surface area contributed by atoms with Crippen molar-refractivity contribution in [3.8, 4) is 11.3 Å². The molecule has 0 atom stereocenters. The second-order valence-corrected chi connectivity index (χ2v) is 5.59. The van der Waals surface area contributed by atoms with Crippen molar-refractivity contribution in [3.05, 3.63) is 72.2 Å². The molecule has 0 aliphatic rings. The van der Waals surface area contributed by atoms with Gasteiger partial charge in [-0.2, -0.15) is 0 Å². The molecule has 1 heterocycles. The highest BCUT2D eigenvalue weighted by Gasteiger charge is 2.09. The summed E-state index contributed by atoms with van der Waals surface area (Å²) in [7, 11) is 0. The van der Waals surface area contributed by atoms with Crippen LogP contribution in [-0.4, -0.2) is 10.9 Å². The maximum Gasteiger partial charge on any atom is 0.224 e. The normalized spacial score (nSPS) is 10.5. The summed E-state index contributed by atoms with van der Waals surface area (Å²) in [5.74, 6) is 1.26. The van der Waals surface area contributed by atoms with E-state index in [0.29, 0.717) is 18.7 Å². The fourth-order valence-corrected chi connectivity index (χ4v) is 2.47. The van der Waals surface area contributed by atoms with E-state index in [2.05, 4.69) is 17.2 Å². The van der Waals surface area contributed by atoms with Crippen LogP contribution in [0.3, 0.4) is 0 Å². The first-order valence-electron chi connectivity index (χ1n) is 8.13. The molecule has 3 aromatic rings. The molecule has 1 amide bonds. The van der Waals surface area contributed by atoms with E-state index in [1.807, 2.05) is 54.6 Å². The Labute approximate surface area is 141 Å². The Morgan fingerprint density at radius 1 is 1.12 bits per heavy atom. The van der Waals surface area contributed by atoms with E-state index in [4.69, 9.17) is 4.42 Å². The number of aromatic nitrogens is 1. The van der Waals surface area contributed by atoms with E-state index in [0.717, 1.165) is 23.4 Å². The minimum absolute atomic E-state index is 0.0392. The Kier molecular flexibility index (Phi) is 5.06. The molecule has 0 bridgehead atoms. The minimum Gasteiger partial charge on any atom is -0.441 e. The topological polar surface area (TPSA) is 55.1 Å². The molecule has 1 N–H and O–H groups in total. The van der Waals surface area contributed by atoms with Crippen LogP contribution in [0.1, 0.15) is 24.8 Å². The van der Waals surface area contributed by atoms with Crippen LogP contribution in [0.4, 0.5) is 5.69 Å². The smallest absolute Gasteiger partial charge is 0.224 e. The highest BCUT2D eigenvalue weighted by Crippen LogP contribution is 2.20. The summed E-state index contributed by atoms with van der Waals surface area (Å²) in [6.45, 7) is 2.09. The van der Waals surface area contributed by atoms with Gasteiger partial charge >= 0.3 is 0 Å². The van der Waals surface area contributed by atoms with E-state index in [1.165, 1.54) is 5.56 Å². The molecule has 0 saturated carbocycles. The molecule has 2 aromatic carbocycles. The summed E-state index contributed by atoms with van der Waals surface area (Å²) in [4.78, 5) is 16.3. The van der Waals surface area contributed by atoms with Gasteiger partial charge in [0.2, 0.25) is 5.91 Å². The van der Waals surface area contributed by atoms with Crippen molar-refractivity contribution >= 4 is 11.6 Å². The Hall–Kier alpha value is -2.88. The lowest BCUT2D eigenvalue weighted by molar-refractivity contribution is -0.116. The third-order valence-electron chi connectivity index (χ3n) is 3.80. The van der Waals surface area contributed by atoms with Crippen LogP contribution in [-0.2, 0) is 17.6 Å². The number of amides is 1. The van der Waals surface area contributed by atoms with E-state index >= 15 is 0 Å². The van der Waals surface area contributed by atoms with E-state index in [9.17, 15) is 4.79 Å². The SMILES string of the molecule is CCc1cccc(NC(=O)CCc2ncc(-c3ccccc3)o2)c1. The number of aryl methyl sites for hydroxylation is 2. The van der Waals surface area contributed by atoms with E-state index < -0.39 is 0 Å². The van der Waals surface area contributed by atoms with Crippen molar-refractivity contribution in [2.75, 3.05) is 5.32 Å². The van der Waals surface area contributed by atoms with Gasteiger partial charge in [0.25, 0.3) is 0 Å². The van der Waals surface area contributed by atoms with Crippen LogP contribution in [0.25, 0.3) is 11.3 Å². The molecule has 0 aliphatic carbocycles. The lowest BCUT2D eigenvalue weighted by atomic mass is 10.1. The number of nitrogens with one attached hydrogen (secondary N) is 1. The summed E-state index contributed by atoms with van der Waals surface area (Å²) in [5.41, 5.74) is 3.02. The largest absolute Gasteiger partial charge is 0.441 e. The van der Waals surface area contributed by atoms with Crippen molar-refractivity contribution in [2.45, 2.75) is 26.2 Å². The molecule has 0 radical (unpaired) electrons. The minimum atomic E-state index is -0.0392. The van der Waals surface area contributed by atoms with Gasteiger partial charge in [-0.05, 0) is 24.1 Å². The molecular formula is C20H20N2O2. The third kappa shape index (κ3) is 4.10. The van der Waals surface area contributed by atoms with Crippen LogP contribution in [0, 0.1) is 0 Å². The maximum atomic E-state index is 12.1. The van der Waals surface area contributed by atoms with Crippen molar-refractivity contribution in [1.82, 2.24) is 4.98 Å². The molecule has 0 saturated heterocycles. The lowest BCUT2D eigenvalue weighted by Gasteiger charge is -2.06. The number of rotatable bonds is 6. The van der Waals surface area contributed by atoms with Crippen LogP contribution in [0.5, 0.6) is 0 Å². The Bertz CT molecular complexity index is 809. The first-order valence-corrected chi connectivity index (χ1v) is 8.13. The molecule has 4 nitrogen and oxygen atoms in total. The fourth-order valence-electron chi connectivity index (χ4n) is 2.47. The predicted octanol–water partition coefficient (Wildman–Crippen LogP) is 4.48. The number of anilines is 1. The zero-order valence-electron chi connectivity index (χ0n) is 13.7. The highest BCUT2D eigenvalue weighted by atomic mass is 16.4. The quantitative estimate of drug-likeness (QED) is 0.729. The van der Waals surface area contributed by atoms with Gasteiger partial charge in [-0.3, -0.25) is 4.79 Å². The van der Waals surface area contributed by atoms with E-state index in [-0.39, 0.29) is 5.91 Å². The fraction of sp³-hybridized carbons (Fsp3) is 0.200. The van der Waals surface area contributed by atoms with Gasteiger partial charge in [0.15, 0.2) is 11.7 Å². The number of nitrogens with zero attached hydrogens (tertiary/aromatic N) is 1. The second kappa shape index (κ2) is 7.59. The monoisotopic (exact) mass is 320 g/mol. The molecule has 0 fully saturated rings. The van der Waals surface area contributed by atoms with E-state index in [1.54, 1.807) is 6.20 Å². The summed E-state index contributed by atoms with van der Waals surface area (Å²) in [6, 6.07) is 17.7. The second-order valence-electron chi connectivity index (χ2n) is 5.59. The lowest BCUT2D eigenvalue weighted by Crippen LogP contribution is -2.12. The Morgan fingerprint density at radius 2 is 1.96 bits per heavy atom. The number of hydrogen-bond acceptors (Lipinski definition) is 3. The van der Waals surface area contributed by atoms with Gasteiger partial charge in [-0.1, -0.05) is 49.4 Å². The van der Waals surface area contributed by atoms with Gasteiger partial charge < -0.3 is 9.73 Å². The molecule has 1 aromatic heterocycles. The van der Waals surface area contributed by atoms with Crippen LogP contribution >= 0.6 is 0 Å². The zero-order valence-corrected chi connectivity index (χ0v) is 13.7. The first-order chi connectivity index (χ1) is 11.7. The summed E-state index contributed by atoms with van der Waals surface area (Å²) in [5, 5.41) is 2.92. The van der Waals surface area contributed by atoms with Gasteiger partial charge in [0, 0.05) is 24.1 Å². The number of benzene rings is 2. The van der Waals surface area contributed by atoms with Gasteiger partial charge in [-0.25, -0.2) is 4.98 Å². The van der Waals surface area contributed by atoms with Crippen molar-refractivity contribution < 1.29 is 9.21 Å². The molecular weight excluding hydrogens is 300 g/mol. The molecule has 0 unspecified atom stereocenters. The third-order valence-corrected chi connectivity index (χ3v) is 3.80. The van der Waals surface area contributed by atoms with Crippen LogP contribution < -0.4 is 5.32 Å². The average Bonchev–Trinajstić information content (AvgIpc) is 3.10. The van der Waals surface area contributed by atoms with Crippen molar-refractivity contribution in [3.63, 3.8) is 0 Å². The van der Waals surface area contributed by atoms with Gasteiger partial charge in [-0.15, -0.1) is 0 Å². The number of oxazole rings is 1. The Balaban J connectivity index is 1.56. The standard InChI is InChI=1S/C20H20N2O2/c1-2-15-7-6-10-17(13-15)22-19(23)11-12-20-21-14-18(24-20)16-8-4-3-5-9-16/h3-10,13-14H,2,11-12H2,1H3,(H,22,23). The van der Waals surface area contributed by atoms with Crippen LogP contribution in [0.15, 0.2) is 65.2 Å². The van der Waals surface area contributed by atoms with Crippen molar-refractivity contribution in [1.29, 1.82) is 0 Å². The summed E-state index contributed by atoms with van der Waals surface area (Å²) in [6.07, 6.45) is 3.47. The molecule has 0 aliphatic heterocycles. The highest BCUT2D eigenvalue weighted by molar-refractivity contribution is 5.90. The number of hydrogen-bond donors (Lipinski definition) is 1. The summed E-state index contributed by atoms with van der Waals surface area (Å²) < 4.78 is 5.72. The van der Waals surface area contributed by atoms with Gasteiger partial charge in [0.1, 0.15) is 0 Å². The molecule has 0 spiro atoms. The Morgan fingerprint density at radius 3 is 2.75 bits per heavy atom. The molecule has 24 heavy (non-hydrogen) atoms. The number of carbonyl (C=O) groups excluding carboxylic acids is 1. The zero-order chi connectivity index (χ0) is 16.8. The molecule has 3 rings (SSSR count). The predicted molar refractivity (Wildman–Crippen MR) is 94.7 cm³/mol. The van der Waals surface area contributed by atoms with Gasteiger partial charge in [0.05, 0.1) is 6.20 Å². The number of carbonyl (C=O) groups is 1. The average molecular weight is 320 g/mol. The molecule has 122 valence electrons. The van der Waals surface area contributed by atoms with Crippen molar-refractivity contribution in [2.24, 2.45) is 0 Å². The van der Waals surface area contributed by atoms with Crippen LogP contribution in [0.2, 0.25) is 0 Å². The maximum absolute atomic E-state index is 12.1. The molecule has 4 heteroatoms. The summed E-state index contributed by atoms with van der Waals surface area (Å²) >= 11 is 0. The first kappa shape index (κ1) is 16.0.